The fraction of sp³-hybridized carbons (Fsp3) is 0.562. The monoisotopic (exact) mass is 277 g/mol. The summed E-state index contributed by atoms with van der Waals surface area (Å²) in [6.45, 7) is 3.00. The molecule has 110 valence electrons. The van der Waals surface area contributed by atoms with E-state index in [4.69, 9.17) is 4.74 Å². The number of hydrogen-bond donors (Lipinski definition) is 1. The summed E-state index contributed by atoms with van der Waals surface area (Å²) in [5.74, 6) is 0. The summed E-state index contributed by atoms with van der Waals surface area (Å²) in [4.78, 5) is 13.8. The van der Waals surface area contributed by atoms with Crippen molar-refractivity contribution in [1.82, 2.24) is 4.90 Å². The van der Waals surface area contributed by atoms with Gasteiger partial charge in [0.15, 0.2) is 0 Å². The van der Waals surface area contributed by atoms with Gasteiger partial charge in [-0.2, -0.15) is 0 Å². The zero-order valence-corrected chi connectivity index (χ0v) is 12.0. The van der Waals surface area contributed by atoms with Crippen LogP contribution in [-0.4, -0.2) is 34.8 Å². The predicted molar refractivity (Wildman–Crippen MR) is 77.3 cm³/mol. The molecule has 1 N–H and O–H groups in total. The van der Waals surface area contributed by atoms with E-state index in [-0.39, 0.29) is 18.7 Å². The van der Waals surface area contributed by atoms with E-state index in [0.717, 1.165) is 31.2 Å². The smallest absolute Gasteiger partial charge is 0.410 e. The van der Waals surface area contributed by atoms with Gasteiger partial charge in [0.1, 0.15) is 6.61 Å². The van der Waals surface area contributed by atoms with Gasteiger partial charge in [-0.05, 0) is 24.8 Å². The Balaban J connectivity index is 1.88. The minimum atomic E-state index is -0.438. The number of aliphatic hydroxyl groups is 1. The summed E-state index contributed by atoms with van der Waals surface area (Å²) in [5.41, 5.74) is 0.978. The van der Waals surface area contributed by atoms with Crippen molar-refractivity contribution in [3.8, 4) is 0 Å². The molecule has 1 aliphatic heterocycles. The van der Waals surface area contributed by atoms with Gasteiger partial charge in [0.2, 0.25) is 0 Å². The van der Waals surface area contributed by atoms with Crippen LogP contribution in [0, 0.1) is 0 Å². The molecule has 0 saturated carbocycles. The average Bonchev–Trinajstić information content (AvgIpc) is 2.96. The van der Waals surface area contributed by atoms with Crippen molar-refractivity contribution in [3.63, 3.8) is 0 Å². The van der Waals surface area contributed by atoms with E-state index in [2.05, 4.69) is 0 Å². The van der Waals surface area contributed by atoms with Crippen molar-refractivity contribution in [1.29, 1.82) is 0 Å². The molecule has 0 radical (unpaired) electrons. The maximum absolute atomic E-state index is 12.1. The molecular weight excluding hydrogens is 254 g/mol. The third-order valence-corrected chi connectivity index (χ3v) is 3.77. The van der Waals surface area contributed by atoms with Crippen molar-refractivity contribution >= 4 is 6.09 Å². The van der Waals surface area contributed by atoms with Crippen molar-refractivity contribution in [3.05, 3.63) is 35.9 Å². The van der Waals surface area contributed by atoms with Crippen LogP contribution in [0.4, 0.5) is 4.79 Å². The second-order valence-corrected chi connectivity index (χ2v) is 5.30. The van der Waals surface area contributed by atoms with E-state index in [1.807, 2.05) is 37.3 Å². The van der Waals surface area contributed by atoms with Gasteiger partial charge in [-0.1, -0.05) is 43.7 Å². The zero-order chi connectivity index (χ0) is 14.4. The molecule has 1 aromatic carbocycles. The van der Waals surface area contributed by atoms with Crippen LogP contribution in [0.3, 0.4) is 0 Å². The first-order chi connectivity index (χ1) is 9.72. The first kappa shape index (κ1) is 14.9. The maximum Gasteiger partial charge on any atom is 0.410 e. The Morgan fingerprint density at radius 2 is 2.20 bits per heavy atom. The van der Waals surface area contributed by atoms with E-state index in [1.165, 1.54) is 0 Å². The molecule has 20 heavy (non-hydrogen) atoms. The number of amides is 1. The third kappa shape index (κ3) is 3.73. The van der Waals surface area contributed by atoms with Gasteiger partial charge in [0.05, 0.1) is 12.1 Å². The lowest BCUT2D eigenvalue weighted by atomic mass is 10.0. The molecule has 4 nitrogen and oxygen atoms in total. The average molecular weight is 277 g/mol. The second kappa shape index (κ2) is 7.29. The minimum Gasteiger partial charge on any atom is -0.445 e. The Bertz CT molecular complexity index is 421. The lowest BCUT2D eigenvalue weighted by Gasteiger charge is -2.27. The van der Waals surface area contributed by atoms with Gasteiger partial charge in [0.25, 0.3) is 0 Å². The van der Waals surface area contributed by atoms with Crippen molar-refractivity contribution in [2.75, 3.05) is 6.54 Å². The Kier molecular flexibility index (Phi) is 5.41. The Morgan fingerprint density at radius 1 is 1.45 bits per heavy atom. The van der Waals surface area contributed by atoms with E-state index < -0.39 is 6.10 Å². The highest BCUT2D eigenvalue weighted by Crippen LogP contribution is 2.23. The van der Waals surface area contributed by atoms with E-state index in [9.17, 15) is 9.90 Å². The van der Waals surface area contributed by atoms with Gasteiger partial charge in [-0.15, -0.1) is 0 Å². The molecule has 2 atom stereocenters. The molecule has 0 aliphatic carbocycles. The van der Waals surface area contributed by atoms with Crippen LogP contribution in [0.1, 0.15) is 38.2 Å². The molecule has 2 rings (SSSR count). The van der Waals surface area contributed by atoms with Crippen LogP contribution in [0.2, 0.25) is 0 Å². The summed E-state index contributed by atoms with van der Waals surface area (Å²) in [6, 6.07) is 9.56. The quantitative estimate of drug-likeness (QED) is 0.900. The van der Waals surface area contributed by atoms with Crippen LogP contribution < -0.4 is 0 Å². The van der Waals surface area contributed by atoms with Crippen LogP contribution in [-0.2, 0) is 11.3 Å². The largest absolute Gasteiger partial charge is 0.445 e. The van der Waals surface area contributed by atoms with Gasteiger partial charge < -0.3 is 14.7 Å². The molecule has 1 aromatic rings. The Hall–Kier alpha value is -1.55. The van der Waals surface area contributed by atoms with Gasteiger partial charge in [-0.25, -0.2) is 4.79 Å². The molecule has 1 aliphatic rings. The minimum absolute atomic E-state index is 0.0850. The highest BCUT2D eigenvalue weighted by atomic mass is 16.6. The van der Waals surface area contributed by atoms with Gasteiger partial charge in [-0.3, -0.25) is 0 Å². The number of ether oxygens (including phenoxy) is 1. The number of carbonyl (C=O) groups is 1. The van der Waals surface area contributed by atoms with Crippen molar-refractivity contribution in [2.24, 2.45) is 0 Å². The van der Waals surface area contributed by atoms with E-state index >= 15 is 0 Å². The van der Waals surface area contributed by atoms with Crippen LogP contribution >= 0.6 is 0 Å². The predicted octanol–water partition coefficient (Wildman–Crippen LogP) is 2.95. The standard InChI is InChI=1S/C16H23NO3/c1-2-7-15(18)14-10-6-11-17(14)16(19)20-12-13-8-4-3-5-9-13/h3-5,8-9,14-15,18H,2,6-7,10-12H2,1H3/t14?,15-/m1/s1. The van der Waals surface area contributed by atoms with Crippen molar-refractivity contribution in [2.45, 2.75) is 51.4 Å². The van der Waals surface area contributed by atoms with Crippen LogP contribution in [0.5, 0.6) is 0 Å². The Morgan fingerprint density at radius 3 is 2.90 bits per heavy atom. The highest BCUT2D eigenvalue weighted by Gasteiger charge is 2.34. The van der Waals surface area contributed by atoms with Crippen LogP contribution in [0.15, 0.2) is 30.3 Å². The summed E-state index contributed by atoms with van der Waals surface area (Å²) in [7, 11) is 0. The number of nitrogens with zero attached hydrogens (tertiary/aromatic N) is 1. The number of rotatable bonds is 5. The third-order valence-electron chi connectivity index (χ3n) is 3.77. The molecule has 1 heterocycles. The highest BCUT2D eigenvalue weighted by molar-refractivity contribution is 5.68. The molecule has 0 spiro atoms. The molecule has 4 heteroatoms. The Labute approximate surface area is 120 Å². The SMILES string of the molecule is CCC[C@@H](O)C1CCCN1C(=O)OCc1ccccc1. The lowest BCUT2D eigenvalue weighted by molar-refractivity contribution is 0.0444. The normalized spacial score (nSPS) is 19.9. The van der Waals surface area contributed by atoms with E-state index in [1.54, 1.807) is 4.90 Å². The molecule has 1 fully saturated rings. The lowest BCUT2D eigenvalue weighted by Crippen LogP contribution is -2.42. The first-order valence-electron chi connectivity index (χ1n) is 7.37. The molecule has 1 amide bonds. The first-order valence-corrected chi connectivity index (χ1v) is 7.37. The second-order valence-electron chi connectivity index (χ2n) is 5.30. The summed E-state index contributed by atoms with van der Waals surface area (Å²) < 4.78 is 5.35. The topological polar surface area (TPSA) is 49.8 Å². The molecule has 0 aromatic heterocycles. The fourth-order valence-corrected chi connectivity index (χ4v) is 2.71. The number of likely N-dealkylation sites (tertiary alicyclic amines) is 1. The summed E-state index contributed by atoms with van der Waals surface area (Å²) >= 11 is 0. The number of benzene rings is 1. The number of carbonyl (C=O) groups excluding carboxylic acids is 1. The van der Waals surface area contributed by atoms with Gasteiger partial charge >= 0.3 is 6.09 Å². The number of aliphatic hydroxyl groups excluding tert-OH is 1. The molecule has 1 saturated heterocycles. The summed E-state index contributed by atoms with van der Waals surface area (Å²) in [6.07, 6.45) is 2.70. The fourth-order valence-electron chi connectivity index (χ4n) is 2.71. The van der Waals surface area contributed by atoms with Crippen molar-refractivity contribution < 1.29 is 14.6 Å². The maximum atomic E-state index is 12.1. The van der Waals surface area contributed by atoms with E-state index in [0.29, 0.717) is 6.54 Å². The molecule has 1 unspecified atom stereocenters. The van der Waals surface area contributed by atoms with Crippen LogP contribution in [0.25, 0.3) is 0 Å². The van der Waals surface area contributed by atoms with Gasteiger partial charge in [0, 0.05) is 6.54 Å². The zero-order valence-electron chi connectivity index (χ0n) is 12.0. The molecule has 0 bridgehead atoms. The summed E-state index contributed by atoms with van der Waals surface area (Å²) in [5, 5.41) is 10.1. The molecular formula is C16H23NO3. The number of hydrogen-bond acceptors (Lipinski definition) is 3.